The predicted octanol–water partition coefficient (Wildman–Crippen LogP) is 1.05. The smallest absolute Gasteiger partial charge is 0.320 e. The van der Waals surface area contributed by atoms with Crippen molar-refractivity contribution >= 4 is 39.0 Å². The third kappa shape index (κ3) is 2.21. The lowest BCUT2D eigenvalue weighted by Crippen LogP contribution is -2.27. The van der Waals surface area contributed by atoms with Gasteiger partial charge in [-0.2, -0.15) is 0 Å². The fourth-order valence-electron chi connectivity index (χ4n) is 2.24. The second-order valence-corrected chi connectivity index (χ2v) is 6.10. The maximum atomic E-state index is 12.3. The number of fused-ring (bicyclic) bond motifs is 1. The molecule has 7 nitrogen and oxygen atoms in total. The molecule has 2 N–H and O–H groups in total. The summed E-state index contributed by atoms with van der Waals surface area (Å²) in [6.45, 7) is 5.92. The van der Waals surface area contributed by atoms with Gasteiger partial charge in [-0.25, -0.2) is 9.98 Å². The molecule has 0 aliphatic carbocycles. The molecule has 3 heterocycles. The fourth-order valence-corrected chi connectivity index (χ4v) is 3.33. The number of nitrogens with two attached hydrogens (primary N) is 1. The number of nitrogen functional groups attached to an aromatic ring is 1. The van der Waals surface area contributed by atoms with Crippen LogP contribution in [0.2, 0.25) is 0 Å². The summed E-state index contributed by atoms with van der Waals surface area (Å²) in [6.07, 6.45) is 1.51. The van der Waals surface area contributed by atoms with Crippen LogP contribution in [0, 0.1) is 20.8 Å². The van der Waals surface area contributed by atoms with Crippen molar-refractivity contribution in [3.8, 4) is 0 Å². The number of thiophene rings is 1. The van der Waals surface area contributed by atoms with Crippen LogP contribution >= 0.6 is 11.3 Å². The van der Waals surface area contributed by atoms with Gasteiger partial charge >= 0.3 is 5.88 Å². The SMILES string of the molecule is Cc1nc2sc(/C([O-])=N/c3c[n+](C)no3)c(N)c2c(C)c1C. The van der Waals surface area contributed by atoms with Gasteiger partial charge < -0.3 is 10.8 Å². The maximum Gasteiger partial charge on any atom is 0.320 e. The molecule has 3 rings (SSSR count). The highest BCUT2D eigenvalue weighted by atomic mass is 32.1. The molecule has 0 aromatic carbocycles. The second kappa shape index (κ2) is 5.06. The predicted molar refractivity (Wildman–Crippen MR) is 82.1 cm³/mol. The summed E-state index contributed by atoms with van der Waals surface area (Å²) in [6, 6.07) is 0. The standard InChI is InChI=1S/C14H15N5O2S/c1-6-7(2)10-11(15)12(22-14(10)16-8(6)3)13(20)17-9-5-19(4)18-21-9/h5H,1-4H3,(H2-,15,17,18,20). The van der Waals surface area contributed by atoms with Gasteiger partial charge in [-0.1, -0.05) is 4.68 Å². The summed E-state index contributed by atoms with van der Waals surface area (Å²) < 4.78 is 6.34. The van der Waals surface area contributed by atoms with Crippen molar-refractivity contribution in [3.63, 3.8) is 0 Å². The Hall–Kier alpha value is -2.48. The van der Waals surface area contributed by atoms with Gasteiger partial charge in [0.2, 0.25) is 0 Å². The van der Waals surface area contributed by atoms with Crippen molar-refractivity contribution < 1.29 is 14.3 Å². The molecule has 0 amide bonds. The van der Waals surface area contributed by atoms with Crippen LogP contribution in [0.1, 0.15) is 21.7 Å². The van der Waals surface area contributed by atoms with E-state index >= 15 is 0 Å². The molecular formula is C14H15N5O2S. The van der Waals surface area contributed by atoms with E-state index in [0.717, 1.165) is 27.0 Å². The molecule has 22 heavy (non-hydrogen) atoms. The van der Waals surface area contributed by atoms with Crippen molar-refractivity contribution in [1.29, 1.82) is 0 Å². The lowest BCUT2D eigenvalue weighted by Gasteiger charge is -2.08. The molecule has 0 fully saturated rings. The monoisotopic (exact) mass is 317 g/mol. The first-order chi connectivity index (χ1) is 10.4. The minimum Gasteiger partial charge on any atom is -0.857 e. The lowest BCUT2D eigenvalue weighted by molar-refractivity contribution is -0.739. The average molecular weight is 317 g/mol. The van der Waals surface area contributed by atoms with Gasteiger partial charge in [0.05, 0.1) is 10.6 Å². The van der Waals surface area contributed by atoms with Gasteiger partial charge in [-0.15, -0.1) is 11.3 Å². The molecule has 114 valence electrons. The molecule has 0 spiro atoms. The Bertz CT molecular complexity index is 910. The van der Waals surface area contributed by atoms with Crippen LogP contribution in [0.5, 0.6) is 0 Å². The minimum absolute atomic E-state index is 0.140. The molecule has 0 aliphatic heterocycles. The third-order valence-corrected chi connectivity index (χ3v) is 4.73. The van der Waals surface area contributed by atoms with Crippen molar-refractivity contribution in [2.45, 2.75) is 20.8 Å². The molecule has 3 aromatic heterocycles. The Labute approximate surface area is 130 Å². The summed E-state index contributed by atoms with van der Waals surface area (Å²) in [5.41, 5.74) is 9.64. The number of rotatable bonds is 2. The summed E-state index contributed by atoms with van der Waals surface area (Å²) in [5, 5.41) is 16.8. The summed E-state index contributed by atoms with van der Waals surface area (Å²) >= 11 is 1.25. The van der Waals surface area contributed by atoms with Gasteiger partial charge in [0, 0.05) is 17.0 Å². The highest BCUT2D eigenvalue weighted by molar-refractivity contribution is 7.21. The zero-order valence-corrected chi connectivity index (χ0v) is 13.5. The van der Waals surface area contributed by atoms with Crippen LogP contribution in [0.4, 0.5) is 11.6 Å². The fraction of sp³-hybridized carbons (Fsp3) is 0.286. The van der Waals surface area contributed by atoms with Crippen molar-refractivity contribution in [2.24, 2.45) is 12.0 Å². The van der Waals surface area contributed by atoms with Crippen LogP contribution in [0.3, 0.4) is 0 Å². The topological polar surface area (TPSA) is 104 Å². The Kier molecular flexibility index (Phi) is 3.32. The van der Waals surface area contributed by atoms with Crippen molar-refractivity contribution in [2.75, 3.05) is 5.73 Å². The molecule has 0 saturated heterocycles. The number of aliphatic imine (C=N–C) groups is 1. The zero-order valence-electron chi connectivity index (χ0n) is 12.7. The van der Waals surface area contributed by atoms with Crippen LogP contribution in [0.15, 0.2) is 15.7 Å². The molecule has 3 aromatic rings. The van der Waals surface area contributed by atoms with E-state index in [1.54, 1.807) is 7.05 Å². The molecule has 0 bridgehead atoms. The van der Waals surface area contributed by atoms with Gasteiger partial charge in [0.25, 0.3) is 6.20 Å². The Morgan fingerprint density at radius 1 is 1.36 bits per heavy atom. The van der Waals surface area contributed by atoms with E-state index in [4.69, 9.17) is 10.3 Å². The Morgan fingerprint density at radius 3 is 2.73 bits per heavy atom. The van der Waals surface area contributed by atoms with E-state index in [-0.39, 0.29) is 5.88 Å². The normalized spacial score (nSPS) is 12.3. The van der Waals surface area contributed by atoms with E-state index in [1.807, 2.05) is 20.8 Å². The number of aryl methyl sites for hydroxylation is 3. The molecule has 0 saturated carbocycles. The molecule has 0 unspecified atom stereocenters. The van der Waals surface area contributed by atoms with Gasteiger partial charge in [0.15, 0.2) is 12.3 Å². The molecule has 0 aliphatic rings. The molecule has 0 radical (unpaired) electrons. The van der Waals surface area contributed by atoms with Crippen LogP contribution in [-0.2, 0) is 7.05 Å². The first kappa shape index (κ1) is 14.5. The number of anilines is 1. The number of hydrogen-bond acceptors (Lipinski definition) is 7. The quantitative estimate of drug-likeness (QED) is 0.432. The summed E-state index contributed by atoms with van der Waals surface area (Å²) in [4.78, 5) is 9.53. The second-order valence-electron chi connectivity index (χ2n) is 5.10. The van der Waals surface area contributed by atoms with Crippen LogP contribution < -0.4 is 15.5 Å². The number of pyridine rings is 1. The lowest BCUT2D eigenvalue weighted by atomic mass is 10.1. The van der Waals surface area contributed by atoms with Crippen molar-refractivity contribution in [3.05, 3.63) is 27.9 Å². The van der Waals surface area contributed by atoms with E-state index in [1.165, 1.54) is 22.2 Å². The minimum atomic E-state index is -0.452. The molecular weight excluding hydrogens is 302 g/mol. The first-order valence-electron chi connectivity index (χ1n) is 6.63. The number of hydrogen-bond donors (Lipinski definition) is 1. The van der Waals surface area contributed by atoms with Crippen molar-refractivity contribution in [1.82, 2.24) is 10.3 Å². The summed E-state index contributed by atoms with van der Waals surface area (Å²) in [7, 11) is 1.68. The van der Waals surface area contributed by atoms with E-state index in [9.17, 15) is 5.11 Å². The van der Waals surface area contributed by atoms with E-state index in [2.05, 4.69) is 15.2 Å². The van der Waals surface area contributed by atoms with Crippen LogP contribution in [-0.4, -0.2) is 16.2 Å². The average Bonchev–Trinajstić information content (AvgIpc) is 3.00. The van der Waals surface area contributed by atoms with Gasteiger partial charge in [-0.05, 0) is 31.9 Å². The van der Waals surface area contributed by atoms with Crippen LogP contribution in [0.25, 0.3) is 10.2 Å². The number of aromatic nitrogens is 3. The maximum absolute atomic E-state index is 12.3. The highest BCUT2D eigenvalue weighted by Gasteiger charge is 2.16. The summed E-state index contributed by atoms with van der Waals surface area (Å²) in [5.74, 6) is -0.312. The highest BCUT2D eigenvalue weighted by Crippen LogP contribution is 2.36. The largest absolute Gasteiger partial charge is 0.857 e. The zero-order chi connectivity index (χ0) is 16.0. The molecule has 0 atom stereocenters. The van der Waals surface area contributed by atoms with Gasteiger partial charge in [-0.3, -0.25) is 4.52 Å². The molecule has 8 heteroatoms. The van der Waals surface area contributed by atoms with Gasteiger partial charge in [0.1, 0.15) is 4.83 Å². The van der Waals surface area contributed by atoms with E-state index in [0.29, 0.717) is 10.6 Å². The van der Waals surface area contributed by atoms with E-state index < -0.39 is 5.90 Å². The number of nitrogens with zero attached hydrogens (tertiary/aromatic N) is 4. The first-order valence-corrected chi connectivity index (χ1v) is 7.44. The Balaban J connectivity index is 2.18. The third-order valence-electron chi connectivity index (χ3n) is 3.64. The Morgan fingerprint density at radius 2 is 2.09 bits per heavy atom.